The lowest BCUT2D eigenvalue weighted by Crippen LogP contribution is -2.43. The summed E-state index contributed by atoms with van der Waals surface area (Å²) in [5.74, 6) is 0.113. The topological polar surface area (TPSA) is 116 Å². The maximum absolute atomic E-state index is 15.8. The van der Waals surface area contributed by atoms with Crippen molar-refractivity contribution in [1.82, 2.24) is 19.6 Å². The fraction of sp³-hybridized carbons (Fsp3) is 0.655. The second kappa shape index (κ2) is 13.7. The second-order valence-electron chi connectivity index (χ2n) is 12.6. The van der Waals surface area contributed by atoms with E-state index in [1.807, 2.05) is 12.3 Å². The van der Waals surface area contributed by atoms with Crippen LogP contribution in [0.5, 0.6) is 5.75 Å². The molecule has 2 atom stereocenters. The summed E-state index contributed by atoms with van der Waals surface area (Å²) in [5, 5.41) is 9.97. The van der Waals surface area contributed by atoms with Gasteiger partial charge in [-0.25, -0.2) is 9.07 Å². The molecule has 0 saturated carbocycles. The largest absolute Gasteiger partial charge is 0.543 e. The van der Waals surface area contributed by atoms with Crippen LogP contribution in [-0.4, -0.2) is 81.7 Å². The number of hydrogen-bond donors (Lipinski definition) is 0. The van der Waals surface area contributed by atoms with Crippen LogP contribution in [0.4, 0.5) is 4.39 Å². The highest BCUT2D eigenvalue weighted by atomic mass is 32.2. The van der Waals surface area contributed by atoms with Gasteiger partial charge in [0.15, 0.2) is 12.0 Å². The maximum atomic E-state index is 15.8. The molecule has 3 heterocycles. The zero-order chi connectivity index (χ0) is 31.4. The Labute approximate surface area is 254 Å². The molecule has 3 aromatic rings. The Balaban J connectivity index is 1.47. The van der Waals surface area contributed by atoms with Crippen LogP contribution in [0, 0.1) is 5.82 Å². The summed E-state index contributed by atoms with van der Waals surface area (Å²) in [6, 6.07) is 3.36. The molecule has 2 aromatic heterocycles. The zero-order valence-corrected chi connectivity index (χ0v) is 28.1. The Morgan fingerprint density at radius 3 is 2.58 bits per heavy atom. The highest BCUT2D eigenvalue weighted by molar-refractivity contribution is 7.86. The minimum atomic E-state index is -3.51. The molecule has 0 spiro atoms. The summed E-state index contributed by atoms with van der Waals surface area (Å²) in [6.07, 6.45) is 6.44. The number of fused-ring (bicyclic) bond motifs is 1. The third kappa shape index (κ3) is 8.85. The summed E-state index contributed by atoms with van der Waals surface area (Å²) >= 11 is 0. The van der Waals surface area contributed by atoms with Gasteiger partial charge in [-0.2, -0.15) is 18.6 Å². The number of benzene rings is 1. The van der Waals surface area contributed by atoms with Gasteiger partial charge in [0, 0.05) is 29.8 Å². The molecule has 0 amide bonds. The highest BCUT2D eigenvalue weighted by Crippen LogP contribution is 2.40. The van der Waals surface area contributed by atoms with Gasteiger partial charge < -0.3 is 18.6 Å². The molecule has 0 aliphatic carbocycles. The minimum Gasteiger partial charge on any atom is -0.543 e. The van der Waals surface area contributed by atoms with Crippen molar-refractivity contribution in [2.24, 2.45) is 0 Å². The van der Waals surface area contributed by atoms with Crippen molar-refractivity contribution in [2.45, 2.75) is 84.0 Å². The summed E-state index contributed by atoms with van der Waals surface area (Å²) in [7, 11) is -5.72. The second-order valence-corrected chi connectivity index (χ2v) is 18.9. The SMILES string of the molecule is CC(COCCOCCn1cc(-c2nn(C3CCCCO3)c3c(F)cc(O[Si](C)(C)C(C)(C)C)cc23)cn1)OS(C)(=O)=O. The normalized spacial score (nSPS) is 17.4. The minimum absolute atomic E-state index is 0.0399. The number of halogens is 1. The fourth-order valence-electron chi connectivity index (χ4n) is 4.61. The summed E-state index contributed by atoms with van der Waals surface area (Å²) in [5.41, 5.74) is 1.78. The van der Waals surface area contributed by atoms with Crippen LogP contribution >= 0.6 is 0 Å². The van der Waals surface area contributed by atoms with Crippen molar-refractivity contribution >= 4 is 29.3 Å². The summed E-state index contributed by atoms with van der Waals surface area (Å²) in [4.78, 5) is 0. The Hall–Kier alpha value is -2.36. The summed E-state index contributed by atoms with van der Waals surface area (Å²) < 4.78 is 69.9. The summed E-state index contributed by atoms with van der Waals surface area (Å²) in [6.45, 7) is 14.7. The zero-order valence-electron chi connectivity index (χ0n) is 26.3. The smallest absolute Gasteiger partial charge is 0.264 e. The van der Waals surface area contributed by atoms with Gasteiger partial charge in [-0.3, -0.25) is 8.86 Å². The lowest BCUT2D eigenvalue weighted by molar-refractivity contribution is -0.0368. The van der Waals surface area contributed by atoms with E-state index in [2.05, 4.69) is 39.0 Å². The van der Waals surface area contributed by atoms with E-state index in [1.54, 1.807) is 22.5 Å². The van der Waals surface area contributed by atoms with Crippen molar-refractivity contribution in [3.8, 4) is 17.0 Å². The molecule has 0 radical (unpaired) electrons. The molecule has 43 heavy (non-hydrogen) atoms. The molecule has 240 valence electrons. The predicted octanol–water partition coefficient (Wildman–Crippen LogP) is 5.52. The number of ether oxygens (including phenoxy) is 3. The first-order valence-corrected chi connectivity index (χ1v) is 19.5. The standard InChI is InChI=1S/C29H45FN4O7SSi/c1-21(40-42(5,35)36)20-38-15-14-37-13-11-33-19-22(18-31-33)27-24-16-23(41-43(6,7)29(2,3)4)17-25(30)28(24)34(32-27)26-10-8-9-12-39-26/h16-19,21,26H,8-15,20H2,1-7H3. The van der Waals surface area contributed by atoms with E-state index in [0.717, 1.165) is 31.1 Å². The van der Waals surface area contributed by atoms with Crippen molar-refractivity contribution in [2.75, 3.05) is 39.3 Å². The molecule has 1 fully saturated rings. The number of rotatable bonds is 14. The monoisotopic (exact) mass is 640 g/mol. The molecular weight excluding hydrogens is 595 g/mol. The molecular formula is C29H45FN4O7SSi. The van der Waals surface area contributed by atoms with Gasteiger partial charge in [-0.15, -0.1) is 0 Å². The Bertz CT molecular complexity index is 1480. The van der Waals surface area contributed by atoms with E-state index in [0.29, 0.717) is 55.3 Å². The van der Waals surface area contributed by atoms with Crippen LogP contribution in [0.3, 0.4) is 0 Å². The van der Waals surface area contributed by atoms with Crippen LogP contribution in [-0.2, 0) is 35.1 Å². The van der Waals surface area contributed by atoms with E-state index < -0.39 is 24.5 Å². The fourth-order valence-corrected chi connectivity index (χ4v) is 6.27. The van der Waals surface area contributed by atoms with Gasteiger partial charge in [0.2, 0.25) is 8.32 Å². The number of aromatic nitrogens is 4. The van der Waals surface area contributed by atoms with Crippen LogP contribution < -0.4 is 4.43 Å². The van der Waals surface area contributed by atoms with Crippen LogP contribution in [0.25, 0.3) is 22.2 Å². The molecule has 2 unspecified atom stereocenters. The maximum Gasteiger partial charge on any atom is 0.264 e. The highest BCUT2D eigenvalue weighted by Gasteiger charge is 2.39. The van der Waals surface area contributed by atoms with E-state index in [4.69, 9.17) is 27.9 Å². The predicted molar refractivity (Wildman–Crippen MR) is 165 cm³/mol. The molecule has 0 N–H and O–H groups in total. The molecule has 4 rings (SSSR count). The molecule has 1 aromatic carbocycles. The Morgan fingerprint density at radius 1 is 1.16 bits per heavy atom. The third-order valence-corrected chi connectivity index (χ3v) is 12.8. The van der Waals surface area contributed by atoms with E-state index in [-0.39, 0.29) is 23.7 Å². The molecule has 14 heteroatoms. The molecule has 11 nitrogen and oxygen atoms in total. The van der Waals surface area contributed by atoms with Gasteiger partial charge >= 0.3 is 0 Å². The first kappa shape index (κ1) is 33.5. The van der Waals surface area contributed by atoms with Crippen LogP contribution in [0.2, 0.25) is 18.1 Å². The van der Waals surface area contributed by atoms with Crippen molar-refractivity contribution < 1.29 is 35.6 Å². The molecule has 0 bridgehead atoms. The van der Waals surface area contributed by atoms with E-state index in [9.17, 15) is 8.42 Å². The average molecular weight is 641 g/mol. The van der Waals surface area contributed by atoms with Crippen molar-refractivity contribution in [1.29, 1.82) is 0 Å². The molecule has 1 aliphatic heterocycles. The van der Waals surface area contributed by atoms with E-state index >= 15 is 4.39 Å². The lowest BCUT2D eigenvalue weighted by Gasteiger charge is -2.36. The van der Waals surface area contributed by atoms with E-state index in [1.165, 1.54) is 6.07 Å². The molecule has 1 saturated heterocycles. The number of hydrogen-bond acceptors (Lipinski definition) is 9. The van der Waals surface area contributed by atoms with Gasteiger partial charge in [-0.05, 0) is 50.4 Å². The van der Waals surface area contributed by atoms with Gasteiger partial charge in [-0.1, -0.05) is 20.8 Å². The molecule has 1 aliphatic rings. The van der Waals surface area contributed by atoms with Gasteiger partial charge in [0.1, 0.15) is 17.0 Å². The first-order chi connectivity index (χ1) is 20.1. The Morgan fingerprint density at radius 2 is 1.91 bits per heavy atom. The third-order valence-electron chi connectivity index (χ3n) is 7.77. The van der Waals surface area contributed by atoms with Crippen LogP contribution in [0.1, 0.15) is 53.2 Å². The van der Waals surface area contributed by atoms with Crippen molar-refractivity contribution in [3.05, 3.63) is 30.3 Å². The quantitative estimate of drug-likeness (QED) is 0.128. The van der Waals surface area contributed by atoms with Gasteiger partial charge in [0.25, 0.3) is 10.1 Å². The first-order valence-electron chi connectivity index (χ1n) is 14.7. The number of nitrogens with zero attached hydrogens (tertiary/aromatic N) is 4. The van der Waals surface area contributed by atoms with Crippen molar-refractivity contribution in [3.63, 3.8) is 0 Å². The Kier molecular flexibility index (Phi) is 10.7. The van der Waals surface area contributed by atoms with Crippen LogP contribution in [0.15, 0.2) is 24.5 Å². The lowest BCUT2D eigenvalue weighted by atomic mass is 10.1. The van der Waals surface area contributed by atoms with Gasteiger partial charge in [0.05, 0.1) is 51.5 Å². The average Bonchev–Trinajstić information content (AvgIpc) is 3.52.